The molecule has 124 valence electrons. The Hall–Kier alpha value is -1.91. The Kier molecular flexibility index (Phi) is 3.69. The largest absolute Gasteiger partial charge is 0.498 e. The van der Waals surface area contributed by atoms with Crippen molar-refractivity contribution in [3.8, 4) is 0 Å². The molecule has 1 aliphatic carbocycles. The number of hydrogen-bond acceptors (Lipinski definition) is 5. The third-order valence-electron chi connectivity index (χ3n) is 5.33. The van der Waals surface area contributed by atoms with Gasteiger partial charge in [-0.15, -0.1) is 0 Å². The summed E-state index contributed by atoms with van der Waals surface area (Å²) in [6, 6.07) is 0. The standard InChI is InChI=1S/C18H22O5/c1-5-9(2)16(20)14-15-12-8-22-10(3)6-11(12)7-13(19)18(15,4)23-17(14)21/h7-10,14-15H,5-6H2,1-4H3/t9-,10+,14-,15+,18-/m0/s1. The van der Waals surface area contributed by atoms with Crippen molar-refractivity contribution in [1.29, 1.82) is 0 Å². The maximum atomic E-state index is 12.7. The van der Waals surface area contributed by atoms with Crippen LogP contribution < -0.4 is 0 Å². The summed E-state index contributed by atoms with van der Waals surface area (Å²) in [6.45, 7) is 7.24. The second-order valence-electron chi connectivity index (χ2n) is 6.95. The van der Waals surface area contributed by atoms with Crippen LogP contribution in [-0.2, 0) is 23.9 Å². The lowest BCUT2D eigenvalue weighted by Gasteiger charge is -2.37. The average molecular weight is 318 g/mol. The van der Waals surface area contributed by atoms with E-state index in [9.17, 15) is 14.4 Å². The fourth-order valence-electron chi connectivity index (χ4n) is 3.72. The van der Waals surface area contributed by atoms with Gasteiger partial charge in [0, 0.05) is 12.3 Å². The summed E-state index contributed by atoms with van der Waals surface area (Å²) in [5.74, 6) is -2.74. The molecular weight excluding hydrogens is 296 g/mol. The fraction of sp³-hybridized carbons (Fsp3) is 0.611. The first-order valence-corrected chi connectivity index (χ1v) is 8.17. The number of esters is 1. The minimum atomic E-state index is -1.30. The predicted octanol–water partition coefficient (Wildman–Crippen LogP) is 2.35. The molecule has 0 amide bonds. The topological polar surface area (TPSA) is 69.7 Å². The van der Waals surface area contributed by atoms with Gasteiger partial charge in [-0.05, 0) is 37.5 Å². The van der Waals surface area contributed by atoms with Crippen LogP contribution in [0.3, 0.4) is 0 Å². The van der Waals surface area contributed by atoms with E-state index in [1.54, 1.807) is 26.2 Å². The Balaban J connectivity index is 2.09. The zero-order valence-corrected chi connectivity index (χ0v) is 13.9. The van der Waals surface area contributed by atoms with Crippen molar-refractivity contribution in [2.24, 2.45) is 17.8 Å². The Morgan fingerprint density at radius 3 is 2.78 bits per heavy atom. The molecule has 0 bridgehead atoms. The Bertz CT molecular complexity index is 644. The Labute approximate surface area is 135 Å². The molecular formula is C18H22O5. The van der Waals surface area contributed by atoms with E-state index < -0.39 is 23.4 Å². The molecule has 5 nitrogen and oxygen atoms in total. The first kappa shape index (κ1) is 16.0. The quantitative estimate of drug-likeness (QED) is 0.590. The Morgan fingerprint density at radius 2 is 2.13 bits per heavy atom. The molecule has 1 fully saturated rings. The van der Waals surface area contributed by atoms with Crippen LogP contribution in [0.2, 0.25) is 0 Å². The summed E-state index contributed by atoms with van der Waals surface area (Å²) in [5, 5.41) is 0. The molecule has 3 aliphatic rings. The molecule has 0 radical (unpaired) electrons. The van der Waals surface area contributed by atoms with Crippen LogP contribution in [0.4, 0.5) is 0 Å². The van der Waals surface area contributed by atoms with Gasteiger partial charge >= 0.3 is 5.97 Å². The molecule has 5 atom stereocenters. The second-order valence-corrected chi connectivity index (χ2v) is 6.95. The number of fused-ring (bicyclic) bond motifs is 3. The summed E-state index contributed by atoms with van der Waals surface area (Å²) >= 11 is 0. The first-order valence-electron chi connectivity index (χ1n) is 8.17. The van der Waals surface area contributed by atoms with E-state index in [0.29, 0.717) is 12.8 Å². The Morgan fingerprint density at radius 1 is 1.43 bits per heavy atom. The highest BCUT2D eigenvalue weighted by molar-refractivity contribution is 6.09. The summed E-state index contributed by atoms with van der Waals surface area (Å²) < 4.78 is 11.0. The normalized spacial score (nSPS) is 37.0. The molecule has 0 saturated carbocycles. The number of carbonyl (C=O) groups excluding carboxylic acids is 3. The van der Waals surface area contributed by atoms with Crippen LogP contribution in [0, 0.1) is 17.8 Å². The average Bonchev–Trinajstić information content (AvgIpc) is 2.78. The fourth-order valence-corrected chi connectivity index (χ4v) is 3.72. The summed E-state index contributed by atoms with van der Waals surface area (Å²) in [7, 11) is 0. The van der Waals surface area contributed by atoms with Crippen LogP contribution in [0.15, 0.2) is 23.5 Å². The maximum Gasteiger partial charge on any atom is 0.318 e. The van der Waals surface area contributed by atoms with E-state index in [1.807, 2.05) is 13.8 Å². The van der Waals surface area contributed by atoms with Gasteiger partial charge in [0.05, 0.1) is 18.3 Å². The van der Waals surface area contributed by atoms with Crippen LogP contribution >= 0.6 is 0 Å². The number of ether oxygens (including phenoxy) is 2. The number of rotatable bonds is 3. The van der Waals surface area contributed by atoms with Gasteiger partial charge in [-0.2, -0.15) is 0 Å². The van der Waals surface area contributed by atoms with Gasteiger partial charge in [-0.3, -0.25) is 14.4 Å². The molecule has 0 aromatic rings. The molecule has 0 aromatic carbocycles. The molecule has 5 heteroatoms. The zero-order valence-electron chi connectivity index (χ0n) is 13.9. The molecule has 0 N–H and O–H groups in total. The molecule has 23 heavy (non-hydrogen) atoms. The molecule has 0 unspecified atom stereocenters. The predicted molar refractivity (Wildman–Crippen MR) is 82.3 cm³/mol. The van der Waals surface area contributed by atoms with E-state index in [0.717, 1.165) is 11.1 Å². The lowest BCUT2D eigenvalue weighted by atomic mass is 9.66. The molecule has 0 aromatic heterocycles. The highest BCUT2D eigenvalue weighted by Crippen LogP contribution is 2.50. The van der Waals surface area contributed by atoms with Crippen molar-refractivity contribution < 1.29 is 23.9 Å². The van der Waals surface area contributed by atoms with Gasteiger partial charge < -0.3 is 9.47 Å². The molecule has 3 rings (SSSR count). The minimum Gasteiger partial charge on any atom is -0.498 e. The van der Waals surface area contributed by atoms with Gasteiger partial charge in [0.1, 0.15) is 5.92 Å². The third kappa shape index (κ3) is 2.25. The highest BCUT2D eigenvalue weighted by Gasteiger charge is 2.62. The second kappa shape index (κ2) is 5.32. The minimum absolute atomic E-state index is 0.0242. The van der Waals surface area contributed by atoms with Crippen molar-refractivity contribution in [2.75, 3.05) is 0 Å². The van der Waals surface area contributed by atoms with E-state index in [2.05, 4.69) is 0 Å². The van der Waals surface area contributed by atoms with Crippen molar-refractivity contribution >= 4 is 17.5 Å². The summed E-state index contributed by atoms with van der Waals surface area (Å²) in [5.41, 5.74) is 0.318. The van der Waals surface area contributed by atoms with Gasteiger partial charge in [0.2, 0.25) is 0 Å². The number of carbonyl (C=O) groups is 3. The number of hydrogen-bond donors (Lipinski definition) is 0. The van der Waals surface area contributed by atoms with Crippen molar-refractivity contribution in [1.82, 2.24) is 0 Å². The summed E-state index contributed by atoms with van der Waals surface area (Å²) in [4.78, 5) is 37.7. The van der Waals surface area contributed by atoms with Gasteiger partial charge in [-0.1, -0.05) is 13.8 Å². The lowest BCUT2D eigenvalue weighted by Crippen LogP contribution is -2.47. The van der Waals surface area contributed by atoms with Crippen LogP contribution in [0.5, 0.6) is 0 Å². The van der Waals surface area contributed by atoms with Crippen LogP contribution in [0.25, 0.3) is 0 Å². The van der Waals surface area contributed by atoms with Crippen LogP contribution in [0.1, 0.15) is 40.5 Å². The molecule has 2 aliphatic heterocycles. The van der Waals surface area contributed by atoms with Gasteiger partial charge in [-0.25, -0.2) is 0 Å². The lowest BCUT2D eigenvalue weighted by molar-refractivity contribution is -0.157. The molecule has 0 spiro atoms. The van der Waals surface area contributed by atoms with Crippen molar-refractivity contribution in [2.45, 2.75) is 52.2 Å². The highest BCUT2D eigenvalue weighted by atomic mass is 16.6. The SMILES string of the molecule is CC[C@H](C)C(=O)[C@H]1C(=O)O[C@@]2(C)C(=O)C=C3C[C@@H](C)OC=C3[C@H]12. The third-order valence-corrected chi connectivity index (χ3v) is 5.33. The monoisotopic (exact) mass is 318 g/mol. The van der Waals surface area contributed by atoms with Gasteiger partial charge in [0.25, 0.3) is 0 Å². The van der Waals surface area contributed by atoms with Crippen molar-refractivity contribution in [3.05, 3.63) is 23.5 Å². The number of Topliss-reactive ketones (excluding diaryl/α,β-unsaturated/α-hetero) is 1. The van der Waals surface area contributed by atoms with E-state index >= 15 is 0 Å². The maximum absolute atomic E-state index is 12.7. The number of ketones is 2. The van der Waals surface area contributed by atoms with E-state index in [1.165, 1.54) is 0 Å². The molecule has 2 heterocycles. The van der Waals surface area contributed by atoms with E-state index in [-0.39, 0.29) is 23.6 Å². The van der Waals surface area contributed by atoms with Crippen LogP contribution in [-0.4, -0.2) is 29.2 Å². The van der Waals surface area contributed by atoms with E-state index in [4.69, 9.17) is 9.47 Å². The molecule has 1 saturated heterocycles. The zero-order chi connectivity index (χ0) is 16.9. The first-order chi connectivity index (χ1) is 10.8. The summed E-state index contributed by atoms with van der Waals surface area (Å²) in [6.07, 6.45) is 4.38. The van der Waals surface area contributed by atoms with Crippen molar-refractivity contribution in [3.63, 3.8) is 0 Å². The smallest absolute Gasteiger partial charge is 0.318 e. The van der Waals surface area contributed by atoms with Gasteiger partial charge in [0.15, 0.2) is 17.2 Å².